The van der Waals surface area contributed by atoms with Crippen LogP contribution in [-0.4, -0.2) is 29.5 Å². The largest absolute Gasteiger partial charge is 0.384 e. The lowest BCUT2D eigenvalue weighted by molar-refractivity contribution is 0.0780. The van der Waals surface area contributed by atoms with Crippen LogP contribution in [0.3, 0.4) is 0 Å². The fourth-order valence-corrected chi connectivity index (χ4v) is 2.62. The highest BCUT2D eigenvalue weighted by atomic mass is 16.3. The van der Waals surface area contributed by atoms with E-state index in [1.807, 2.05) is 55.6 Å². The highest BCUT2D eigenvalue weighted by Gasteiger charge is 2.22. The van der Waals surface area contributed by atoms with Gasteiger partial charge in [0.25, 0.3) is 5.91 Å². The van der Waals surface area contributed by atoms with Gasteiger partial charge in [-0.3, -0.25) is 4.79 Å². The van der Waals surface area contributed by atoms with Gasteiger partial charge >= 0.3 is 0 Å². The van der Waals surface area contributed by atoms with Crippen molar-refractivity contribution in [1.29, 1.82) is 0 Å². The smallest absolute Gasteiger partial charge is 0.253 e. The van der Waals surface area contributed by atoms with Crippen molar-refractivity contribution in [1.82, 2.24) is 4.90 Å². The van der Waals surface area contributed by atoms with E-state index in [-0.39, 0.29) is 5.91 Å². The van der Waals surface area contributed by atoms with Crippen molar-refractivity contribution in [2.24, 2.45) is 0 Å². The first-order valence-electron chi connectivity index (χ1n) is 6.78. The Morgan fingerprint density at radius 2 is 1.85 bits per heavy atom. The van der Waals surface area contributed by atoms with Gasteiger partial charge in [-0.1, -0.05) is 42.5 Å². The summed E-state index contributed by atoms with van der Waals surface area (Å²) in [5.41, 5.74) is 3.49. The summed E-state index contributed by atoms with van der Waals surface area (Å²) < 4.78 is 0. The monoisotopic (exact) mass is 267 g/mol. The van der Waals surface area contributed by atoms with Crippen LogP contribution < -0.4 is 0 Å². The standard InChI is InChI=1S/C17H17NO2/c1-18-10-9-13-11-14(7-8-15(13)17(18)20)16(19)12-5-3-2-4-6-12/h2-8,11,16,19H,9-10H2,1H3. The number of benzene rings is 2. The molecular formula is C17H17NO2. The number of rotatable bonds is 2. The molecule has 1 aliphatic heterocycles. The molecule has 1 heterocycles. The van der Waals surface area contributed by atoms with Gasteiger partial charge in [-0.05, 0) is 29.2 Å². The second kappa shape index (κ2) is 5.10. The molecule has 20 heavy (non-hydrogen) atoms. The Labute approximate surface area is 118 Å². The minimum absolute atomic E-state index is 0.0620. The number of aliphatic hydroxyl groups is 1. The number of carbonyl (C=O) groups is 1. The van der Waals surface area contributed by atoms with Crippen LogP contribution in [0, 0.1) is 0 Å². The van der Waals surface area contributed by atoms with Gasteiger partial charge in [-0.15, -0.1) is 0 Å². The Hall–Kier alpha value is -2.13. The number of likely N-dealkylation sites (N-methyl/N-ethyl adjacent to an activating group) is 1. The zero-order valence-corrected chi connectivity index (χ0v) is 11.4. The molecule has 3 nitrogen and oxygen atoms in total. The van der Waals surface area contributed by atoms with Gasteiger partial charge in [-0.25, -0.2) is 0 Å². The second-order valence-corrected chi connectivity index (χ2v) is 5.21. The second-order valence-electron chi connectivity index (χ2n) is 5.21. The van der Waals surface area contributed by atoms with Crippen LogP contribution in [0.2, 0.25) is 0 Å². The van der Waals surface area contributed by atoms with Gasteiger partial charge in [-0.2, -0.15) is 0 Å². The molecule has 0 radical (unpaired) electrons. The molecule has 0 saturated carbocycles. The Balaban J connectivity index is 1.95. The number of amides is 1. The number of nitrogens with zero attached hydrogens (tertiary/aromatic N) is 1. The van der Waals surface area contributed by atoms with Crippen LogP contribution in [0.15, 0.2) is 48.5 Å². The molecule has 0 saturated heterocycles. The van der Waals surface area contributed by atoms with E-state index in [0.29, 0.717) is 0 Å². The van der Waals surface area contributed by atoms with Crippen LogP contribution in [0.1, 0.15) is 33.2 Å². The van der Waals surface area contributed by atoms with Gasteiger partial charge in [0.05, 0.1) is 0 Å². The lowest BCUT2D eigenvalue weighted by Gasteiger charge is -2.25. The van der Waals surface area contributed by atoms with Crippen LogP contribution >= 0.6 is 0 Å². The molecular weight excluding hydrogens is 250 g/mol. The van der Waals surface area contributed by atoms with Crippen molar-refractivity contribution in [3.63, 3.8) is 0 Å². The zero-order valence-electron chi connectivity index (χ0n) is 11.4. The zero-order chi connectivity index (χ0) is 14.1. The van der Waals surface area contributed by atoms with Crippen LogP contribution in [-0.2, 0) is 6.42 Å². The molecule has 0 aromatic heterocycles. The van der Waals surface area contributed by atoms with Crippen LogP contribution in [0.5, 0.6) is 0 Å². The first kappa shape index (κ1) is 12.9. The quantitative estimate of drug-likeness (QED) is 0.907. The molecule has 1 atom stereocenters. The SMILES string of the molecule is CN1CCc2cc(C(O)c3ccccc3)ccc2C1=O. The van der Waals surface area contributed by atoms with Gasteiger partial charge in [0.1, 0.15) is 6.10 Å². The van der Waals surface area contributed by atoms with E-state index < -0.39 is 6.10 Å². The average Bonchev–Trinajstić information content (AvgIpc) is 2.51. The van der Waals surface area contributed by atoms with Gasteiger partial charge in [0.15, 0.2) is 0 Å². The van der Waals surface area contributed by atoms with Crippen molar-refractivity contribution in [3.8, 4) is 0 Å². The Morgan fingerprint density at radius 3 is 2.60 bits per heavy atom. The van der Waals surface area contributed by atoms with Gasteiger partial charge in [0.2, 0.25) is 0 Å². The van der Waals surface area contributed by atoms with E-state index in [0.717, 1.165) is 35.2 Å². The molecule has 3 rings (SSSR count). The lowest BCUT2D eigenvalue weighted by atomic mass is 9.93. The summed E-state index contributed by atoms with van der Waals surface area (Å²) in [5.74, 6) is 0.0620. The lowest BCUT2D eigenvalue weighted by Crippen LogP contribution is -2.34. The number of fused-ring (bicyclic) bond motifs is 1. The maximum atomic E-state index is 12.0. The van der Waals surface area contributed by atoms with E-state index in [1.54, 1.807) is 4.90 Å². The highest BCUT2D eigenvalue weighted by molar-refractivity contribution is 5.96. The van der Waals surface area contributed by atoms with E-state index in [1.165, 1.54) is 0 Å². The molecule has 0 bridgehead atoms. The minimum Gasteiger partial charge on any atom is -0.384 e. The predicted molar refractivity (Wildman–Crippen MR) is 77.6 cm³/mol. The van der Waals surface area contributed by atoms with Crippen LogP contribution in [0.4, 0.5) is 0 Å². The average molecular weight is 267 g/mol. The van der Waals surface area contributed by atoms with E-state index in [2.05, 4.69) is 0 Å². The van der Waals surface area contributed by atoms with Crippen molar-refractivity contribution in [2.45, 2.75) is 12.5 Å². The predicted octanol–water partition coefficient (Wildman–Crippen LogP) is 2.40. The highest BCUT2D eigenvalue weighted by Crippen LogP contribution is 2.26. The third-order valence-electron chi connectivity index (χ3n) is 3.85. The molecule has 0 spiro atoms. The van der Waals surface area contributed by atoms with Crippen molar-refractivity contribution in [2.75, 3.05) is 13.6 Å². The molecule has 0 aliphatic carbocycles. The first-order valence-corrected chi connectivity index (χ1v) is 6.78. The van der Waals surface area contributed by atoms with Gasteiger partial charge < -0.3 is 10.0 Å². The van der Waals surface area contributed by atoms with E-state index in [4.69, 9.17) is 0 Å². The third kappa shape index (κ3) is 2.21. The van der Waals surface area contributed by atoms with Crippen LogP contribution in [0.25, 0.3) is 0 Å². The molecule has 2 aromatic carbocycles. The molecule has 2 aromatic rings. The van der Waals surface area contributed by atoms with Crippen molar-refractivity contribution in [3.05, 3.63) is 70.8 Å². The maximum absolute atomic E-state index is 12.0. The number of hydrogen-bond acceptors (Lipinski definition) is 2. The normalized spacial score (nSPS) is 15.9. The molecule has 1 N–H and O–H groups in total. The minimum atomic E-state index is -0.642. The molecule has 1 unspecified atom stereocenters. The summed E-state index contributed by atoms with van der Waals surface area (Å²) >= 11 is 0. The maximum Gasteiger partial charge on any atom is 0.253 e. The fourth-order valence-electron chi connectivity index (χ4n) is 2.62. The summed E-state index contributed by atoms with van der Waals surface area (Å²) in [7, 11) is 1.82. The fraction of sp³-hybridized carbons (Fsp3) is 0.235. The molecule has 1 aliphatic rings. The van der Waals surface area contributed by atoms with Crippen molar-refractivity contribution < 1.29 is 9.90 Å². The molecule has 102 valence electrons. The van der Waals surface area contributed by atoms with Crippen molar-refractivity contribution >= 4 is 5.91 Å². The first-order chi connectivity index (χ1) is 9.66. The summed E-state index contributed by atoms with van der Waals surface area (Å²) in [6.07, 6.45) is 0.198. The summed E-state index contributed by atoms with van der Waals surface area (Å²) in [6.45, 7) is 0.733. The molecule has 1 amide bonds. The van der Waals surface area contributed by atoms with E-state index >= 15 is 0 Å². The Morgan fingerprint density at radius 1 is 1.10 bits per heavy atom. The third-order valence-corrected chi connectivity index (χ3v) is 3.85. The van der Waals surface area contributed by atoms with Gasteiger partial charge in [0, 0.05) is 19.2 Å². The summed E-state index contributed by atoms with van der Waals surface area (Å²) in [5, 5.41) is 10.4. The molecule has 3 heteroatoms. The summed E-state index contributed by atoms with van der Waals surface area (Å²) in [4.78, 5) is 13.8. The number of aliphatic hydroxyl groups excluding tert-OH is 1. The molecule has 0 fully saturated rings. The van der Waals surface area contributed by atoms with E-state index in [9.17, 15) is 9.90 Å². The number of carbonyl (C=O) groups excluding carboxylic acids is 1. The Bertz CT molecular complexity index is 637. The Kier molecular flexibility index (Phi) is 3.28. The topological polar surface area (TPSA) is 40.5 Å². The number of hydrogen-bond donors (Lipinski definition) is 1. The summed E-state index contributed by atoms with van der Waals surface area (Å²) in [6, 6.07) is 15.2.